The van der Waals surface area contributed by atoms with Crippen LogP contribution in [0.25, 0.3) is 0 Å². The predicted octanol–water partition coefficient (Wildman–Crippen LogP) is 5.93. The molecule has 3 atom stereocenters. The average molecular weight is 401 g/mol. The van der Waals surface area contributed by atoms with Crippen molar-refractivity contribution in [2.24, 2.45) is 5.92 Å². The maximum absolute atomic E-state index is 9.50. The van der Waals surface area contributed by atoms with Gasteiger partial charge in [-0.15, -0.1) is 0 Å². The highest BCUT2D eigenvalue weighted by Gasteiger charge is 2.41. The molecule has 1 aromatic carbocycles. The Balaban J connectivity index is 0.00000126. The minimum Gasteiger partial charge on any atom is -0.499 e. The van der Waals surface area contributed by atoms with Crippen molar-refractivity contribution in [2.45, 2.75) is 58.0 Å². The Labute approximate surface area is 166 Å². The Morgan fingerprint density at radius 3 is 2.44 bits per heavy atom. The minimum absolute atomic E-state index is 0.134. The highest BCUT2D eigenvalue weighted by molar-refractivity contribution is 6.07. The maximum Gasteiger partial charge on any atom is 0.231 e. The molecular weight excluding hydrogens is 371 g/mol. The molecule has 0 saturated heterocycles. The molecule has 1 aliphatic heterocycles. The molecule has 1 aliphatic carbocycles. The van der Waals surface area contributed by atoms with E-state index in [0.717, 1.165) is 49.4 Å². The Hall–Kier alpha value is -1.46. The lowest BCUT2D eigenvalue weighted by Crippen LogP contribution is -2.23. The van der Waals surface area contributed by atoms with Crippen molar-refractivity contribution in [1.29, 1.82) is 0 Å². The molecule has 4 nitrogen and oxygen atoms in total. The van der Waals surface area contributed by atoms with Crippen molar-refractivity contribution < 1.29 is 22.9 Å². The fourth-order valence-electron chi connectivity index (χ4n) is 3.99. The van der Waals surface area contributed by atoms with Crippen LogP contribution in [0.15, 0.2) is 24.0 Å². The van der Waals surface area contributed by atoms with E-state index in [4.69, 9.17) is 30.4 Å². The van der Waals surface area contributed by atoms with E-state index in [0.29, 0.717) is 13.1 Å². The summed E-state index contributed by atoms with van der Waals surface area (Å²) in [4.78, 5) is 0. The number of fused-ring (bicyclic) bond motifs is 1. The Morgan fingerprint density at radius 2 is 1.85 bits per heavy atom. The van der Waals surface area contributed by atoms with Crippen LogP contribution in [0, 0.1) is 5.92 Å². The Kier molecular flexibility index (Phi) is 8.71. The molecule has 0 amide bonds. The molecule has 3 unspecified atom stereocenters. The number of unbranched alkanes of at least 4 members (excludes halogenated alkanes) is 1. The zero-order valence-corrected chi connectivity index (χ0v) is 17.4. The summed E-state index contributed by atoms with van der Waals surface area (Å²) in [6, 6.07) is 4.24. The number of methoxy groups -OCH3 is 1. The molecular formula is C21H30ClFO4. The van der Waals surface area contributed by atoms with Crippen LogP contribution >= 0.6 is 11.9 Å². The molecule has 0 spiro atoms. The molecule has 0 bridgehead atoms. The molecule has 1 aromatic rings. The van der Waals surface area contributed by atoms with Gasteiger partial charge in [-0.1, -0.05) is 33.1 Å². The summed E-state index contributed by atoms with van der Waals surface area (Å²) < 4.78 is 31.6. The number of hydrogen-bond donors (Lipinski definition) is 0. The summed E-state index contributed by atoms with van der Waals surface area (Å²) in [6.07, 6.45) is 7.38. The SMILES string of the molecule is CCCCC1C=C(OC)C(OCl)C1c1cc2c(cc1CCC)OCO2.CF. The van der Waals surface area contributed by atoms with Gasteiger partial charge in [0.15, 0.2) is 11.5 Å². The fourth-order valence-corrected chi connectivity index (χ4v) is 4.19. The molecule has 0 fully saturated rings. The largest absolute Gasteiger partial charge is 0.499 e. The van der Waals surface area contributed by atoms with E-state index in [9.17, 15) is 4.39 Å². The number of halogens is 2. The topological polar surface area (TPSA) is 36.9 Å². The summed E-state index contributed by atoms with van der Waals surface area (Å²) in [5, 5.41) is 0. The first-order valence-corrected chi connectivity index (χ1v) is 9.87. The number of alkyl halides is 1. The van der Waals surface area contributed by atoms with E-state index in [-0.39, 0.29) is 18.8 Å². The normalized spacial score (nSPS) is 22.9. The van der Waals surface area contributed by atoms with Crippen LogP contribution in [0.4, 0.5) is 4.39 Å². The van der Waals surface area contributed by atoms with Crippen molar-refractivity contribution in [3.8, 4) is 11.5 Å². The zero-order valence-electron chi connectivity index (χ0n) is 16.6. The molecule has 0 radical (unpaired) electrons. The van der Waals surface area contributed by atoms with Crippen LogP contribution in [-0.4, -0.2) is 27.2 Å². The van der Waals surface area contributed by atoms with E-state index in [1.807, 2.05) is 0 Å². The van der Waals surface area contributed by atoms with Crippen LogP contribution in [0.1, 0.15) is 56.6 Å². The number of benzene rings is 1. The number of ether oxygens (including phenoxy) is 3. The number of allylic oxidation sites excluding steroid dienone is 1. The molecule has 152 valence electrons. The second kappa shape index (κ2) is 10.8. The van der Waals surface area contributed by atoms with Crippen LogP contribution in [0.2, 0.25) is 0 Å². The highest BCUT2D eigenvalue weighted by atomic mass is 35.5. The van der Waals surface area contributed by atoms with Crippen molar-refractivity contribution in [1.82, 2.24) is 0 Å². The second-order valence-electron chi connectivity index (χ2n) is 6.77. The Morgan fingerprint density at radius 1 is 1.15 bits per heavy atom. The highest BCUT2D eigenvalue weighted by Crippen LogP contribution is 2.48. The number of hydrogen-bond acceptors (Lipinski definition) is 4. The summed E-state index contributed by atoms with van der Waals surface area (Å²) in [5.41, 5.74) is 2.52. The summed E-state index contributed by atoms with van der Waals surface area (Å²) >= 11 is 5.90. The summed E-state index contributed by atoms with van der Waals surface area (Å²) in [5.74, 6) is 2.94. The third-order valence-electron chi connectivity index (χ3n) is 5.18. The van der Waals surface area contributed by atoms with Gasteiger partial charge < -0.3 is 14.2 Å². The van der Waals surface area contributed by atoms with E-state index in [2.05, 4.69) is 32.1 Å². The first kappa shape index (κ1) is 21.8. The average Bonchev–Trinajstić information content (AvgIpc) is 3.30. The third-order valence-corrected chi connectivity index (χ3v) is 5.37. The molecule has 0 saturated carbocycles. The molecule has 27 heavy (non-hydrogen) atoms. The van der Waals surface area contributed by atoms with Crippen LogP contribution in [0.3, 0.4) is 0 Å². The molecule has 2 aliphatic rings. The lowest BCUT2D eigenvalue weighted by molar-refractivity contribution is 0.142. The van der Waals surface area contributed by atoms with Gasteiger partial charge in [0, 0.05) is 5.92 Å². The first-order chi connectivity index (χ1) is 13.2. The van der Waals surface area contributed by atoms with Gasteiger partial charge in [0.05, 0.1) is 26.2 Å². The van der Waals surface area contributed by atoms with Gasteiger partial charge in [-0.05, 0) is 48.1 Å². The molecule has 0 aromatic heterocycles. The van der Waals surface area contributed by atoms with E-state index < -0.39 is 0 Å². The van der Waals surface area contributed by atoms with Gasteiger partial charge in [-0.3, -0.25) is 8.68 Å². The monoisotopic (exact) mass is 400 g/mol. The van der Waals surface area contributed by atoms with Crippen LogP contribution < -0.4 is 9.47 Å². The maximum atomic E-state index is 9.50. The van der Waals surface area contributed by atoms with E-state index in [1.54, 1.807) is 7.11 Å². The van der Waals surface area contributed by atoms with Gasteiger partial charge >= 0.3 is 0 Å². The van der Waals surface area contributed by atoms with Gasteiger partial charge in [-0.2, -0.15) is 0 Å². The number of rotatable bonds is 8. The standard InChI is InChI=1S/C20H27ClO4.CH3F/c1-4-6-8-14-10-18(22-3)20(25-21)19(14)15-11-17-16(23-12-24-17)9-13(15)7-5-2;1-2/h9-11,14,19-20H,4-8,12H2,1-3H3;1H3. The van der Waals surface area contributed by atoms with Gasteiger partial charge in [-0.25, -0.2) is 0 Å². The first-order valence-electron chi connectivity index (χ1n) is 9.56. The summed E-state index contributed by atoms with van der Waals surface area (Å²) in [7, 11) is 2.18. The molecule has 3 rings (SSSR count). The Bertz CT molecular complexity index is 635. The van der Waals surface area contributed by atoms with E-state index >= 15 is 0 Å². The van der Waals surface area contributed by atoms with Gasteiger partial charge in [0.25, 0.3) is 0 Å². The zero-order chi connectivity index (χ0) is 19.8. The van der Waals surface area contributed by atoms with Gasteiger partial charge in [0.1, 0.15) is 11.9 Å². The van der Waals surface area contributed by atoms with E-state index in [1.165, 1.54) is 11.1 Å². The second-order valence-corrected chi connectivity index (χ2v) is 6.95. The van der Waals surface area contributed by atoms with Crippen molar-refractivity contribution in [3.05, 3.63) is 35.1 Å². The number of aryl methyl sites for hydroxylation is 1. The minimum atomic E-state index is -0.274. The predicted molar refractivity (Wildman–Crippen MR) is 105 cm³/mol. The van der Waals surface area contributed by atoms with Crippen LogP contribution in [-0.2, 0) is 15.4 Å². The van der Waals surface area contributed by atoms with Crippen molar-refractivity contribution in [2.75, 3.05) is 21.1 Å². The lowest BCUT2D eigenvalue weighted by Gasteiger charge is -2.27. The smallest absolute Gasteiger partial charge is 0.231 e. The molecule has 1 heterocycles. The van der Waals surface area contributed by atoms with Crippen molar-refractivity contribution >= 4 is 11.9 Å². The van der Waals surface area contributed by atoms with Gasteiger partial charge in [0.2, 0.25) is 6.79 Å². The summed E-state index contributed by atoms with van der Waals surface area (Å²) in [6.45, 7) is 4.68. The van der Waals surface area contributed by atoms with Crippen molar-refractivity contribution in [3.63, 3.8) is 0 Å². The van der Waals surface area contributed by atoms with Crippen LogP contribution in [0.5, 0.6) is 11.5 Å². The quantitative estimate of drug-likeness (QED) is 0.542. The fraction of sp³-hybridized carbons (Fsp3) is 0.619. The third kappa shape index (κ3) is 4.69. The molecule has 6 heteroatoms. The lowest BCUT2D eigenvalue weighted by atomic mass is 9.80. The molecule has 0 N–H and O–H groups in total.